The number of likely N-dealkylation sites (N-methyl/N-ethyl adjacent to an activating group) is 1. The van der Waals surface area contributed by atoms with Crippen molar-refractivity contribution in [1.29, 1.82) is 0 Å². The van der Waals surface area contributed by atoms with Crippen molar-refractivity contribution < 1.29 is 33.3 Å². The van der Waals surface area contributed by atoms with Crippen molar-refractivity contribution in [2.45, 2.75) is 19.8 Å². The van der Waals surface area contributed by atoms with Gasteiger partial charge in [-0.1, -0.05) is 0 Å². The van der Waals surface area contributed by atoms with E-state index in [1.807, 2.05) is 0 Å². The second-order valence-electron chi connectivity index (χ2n) is 7.88. The maximum absolute atomic E-state index is 13.1. The van der Waals surface area contributed by atoms with Crippen molar-refractivity contribution in [1.82, 2.24) is 14.8 Å². The van der Waals surface area contributed by atoms with Gasteiger partial charge < -0.3 is 33.7 Å². The first-order valence-corrected chi connectivity index (χ1v) is 10.9. The fourth-order valence-corrected chi connectivity index (χ4v) is 4.09. The standard InChI is InChI=1S/C23H31N3O7/c1-6-33-23(29)14-8-7-9-26(12-14)19(27)13-25(2)22(28)16-10-15-17(30-3)11-18(31-4)21(32-5)20(15)24-16/h10-11,14,24H,6-9,12-13H2,1-5H3. The van der Waals surface area contributed by atoms with Crippen molar-refractivity contribution in [3.05, 3.63) is 17.8 Å². The summed E-state index contributed by atoms with van der Waals surface area (Å²) >= 11 is 0. The summed E-state index contributed by atoms with van der Waals surface area (Å²) in [6.07, 6.45) is 1.41. The number of hydrogen-bond acceptors (Lipinski definition) is 7. The van der Waals surface area contributed by atoms with E-state index in [-0.39, 0.29) is 35.9 Å². The number of ether oxygens (including phenoxy) is 4. The molecule has 1 aromatic carbocycles. The number of piperidine rings is 1. The first-order chi connectivity index (χ1) is 15.8. The maximum atomic E-state index is 13.1. The minimum Gasteiger partial charge on any atom is -0.496 e. The number of amides is 2. The second kappa shape index (κ2) is 10.5. The quantitative estimate of drug-likeness (QED) is 0.599. The van der Waals surface area contributed by atoms with Crippen molar-refractivity contribution in [3.8, 4) is 17.2 Å². The lowest BCUT2D eigenvalue weighted by atomic mass is 9.98. The van der Waals surface area contributed by atoms with Crippen LogP contribution in [-0.2, 0) is 14.3 Å². The van der Waals surface area contributed by atoms with E-state index in [1.165, 1.54) is 26.2 Å². The van der Waals surface area contributed by atoms with Gasteiger partial charge in [0.05, 0.1) is 45.9 Å². The number of methoxy groups -OCH3 is 3. The highest BCUT2D eigenvalue weighted by molar-refractivity contribution is 6.03. The van der Waals surface area contributed by atoms with Gasteiger partial charge in [-0.2, -0.15) is 0 Å². The number of nitrogens with zero attached hydrogens (tertiary/aromatic N) is 2. The zero-order valence-corrected chi connectivity index (χ0v) is 19.7. The Labute approximate surface area is 192 Å². The average molecular weight is 462 g/mol. The van der Waals surface area contributed by atoms with E-state index in [0.717, 1.165) is 6.42 Å². The molecule has 3 rings (SSSR count). The number of aromatic amines is 1. The Hall–Kier alpha value is -3.43. The number of likely N-dealkylation sites (tertiary alicyclic amines) is 1. The smallest absolute Gasteiger partial charge is 0.310 e. The number of esters is 1. The SMILES string of the molecule is CCOC(=O)C1CCCN(C(=O)CN(C)C(=O)c2cc3c(OC)cc(OC)c(OC)c3[nH]2)C1. The number of H-pyrrole nitrogens is 1. The predicted octanol–water partition coefficient (Wildman–Crippen LogP) is 2.07. The van der Waals surface area contributed by atoms with E-state index >= 15 is 0 Å². The highest BCUT2D eigenvalue weighted by Crippen LogP contribution is 2.41. The number of carbonyl (C=O) groups excluding carboxylic acids is 3. The molecule has 10 heteroatoms. The fraction of sp³-hybridized carbons (Fsp3) is 0.522. The Morgan fingerprint density at radius 2 is 1.85 bits per heavy atom. The molecule has 1 aliphatic heterocycles. The lowest BCUT2D eigenvalue weighted by molar-refractivity contribution is -0.151. The first-order valence-electron chi connectivity index (χ1n) is 10.9. The Morgan fingerprint density at radius 1 is 1.12 bits per heavy atom. The van der Waals surface area contributed by atoms with Crippen LogP contribution >= 0.6 is 0 Å². The van der Waals surface area contributed by atoms with Gasteiger partial charge in [-0.05, 0) is 25.8 Å². The van der Waals surface area contributed by atoms with Crippen LogP contribution in [-0.4, -0.2) is 87.2 Å². The Bertz CT molecular complexity index is 1030. The van der Waals surface area contributed by atoms with E-state index in [9.17, 15) is 14.4 Å². The Kier molecular flexibility index (Phi) is 7.67. The molecular weight excluding hydrogens is 430 g/mol. The van der Waals surface area contributed by atoms with E-state index in [4.69, 9.17) is 18.9 Å². The van der Waals surface area contributed by atoms with Crippen LogP contribution in [0.5, 0.6) is 17.2 Å². The van der Waals surface area contributed by atoms with Gasteiger partial charge in [0, 0.05) is 31.6 Å². The summed E-state index contributed by atoms with van der Waals surface area (Å²) in [6.45, 7) is 2.82. The molecular formula is C23H31N3O7. The van der Waals surface area contributed by atoms with Crippen LogP contribution in [0.25, 0.3) is 10.9 Å². The van der Waals surface area contributed by atoms with Crippen LogP contribution in [0.15, 0.2) is 12.1 Å². The summed E-state index contributed by atoms with van der Waals surface area (Å²) in [4.78, 5) is 44.0. The molecule has 1 saturated heterocycles. The summed E-state index contributed by atoms with van der Waals surface area (Å²) in [5.74, 6) is 0.254. The van der Waals surface area contributed by atoms with Crippen LogP contribution in [0.3, 0.4) is 0 Å². The highest BCUT2D eigenvalue weighted by atomic mass is 16.5. The predicted molar refractivity (Wildman–Crippen MR) is 121 cm³/mol. The zero-order chi connectivity index (χ0) is 24.1. The maximum Gasteiger partial charge on any atom is 0.310 e. The van der Waals surface area contributed by atoms with E-state index in [2.05, 4.69) is 4.98 Å². The summed E-state index contributed by atoms with van der Waals surface area (Å²) in [6, 6.07) is 3.35. The summed E-state index contributed by atoms with van der Waals surface area (Å²) in [5.41, 5.74) is 0.846. The van der Waals surface area contributed by atoms with Crippen molar-refractivity contribution in [2.75, 3.05) is 54.6 Å². The van der Waals surface area contributed by atoms with Crippen LogP contribution in [0, 0.1) is 5.92 Å². The van der Waals surface area contributed by atoms with Gasteiger partial charge in [0.1, 0.15) is 11.4 Å². The highest BCUT2D eigenvalue weighted by Gasteiger charge is 2.30. The summed E-state index contributed by atoms with van der Waals surface area (Å²) in [7, 11) is 6.12. The molecule has 2 heterocycles. The van der Waals surface area contributed by atoms with Crippen LogP contribution in [0.2, 0.25) is 0 Å². The molecule has 1 N–H and O–H groups in total. The third kappa shape index (κ3) is 4.99. The molecule has 1 aromatic heterocycles. The zero-order valence-electron chi connectivity index (χ0n) is 19.7. The summed E-state index contributed by atoms with van der Waals surface area (Å²) < 4.78 is 21.3. The van der Waals surface area contributed by atoms with E-state index in [1.54, 1.807) is 31.0 Å². The molecule has 10 nitrogen and oxygen atoms in total. The van der Waals surface area contributed by atoms with Gasteiger partial charge in [-0.3, -0.25) is 14.4 Å². The lowest BCUT2D eigenvalue weighted by Crippen LogP contribution is -2.47. The molecule has 1 atom stereocenters. The topological polar surface area (TPSA) is 110 Å². The van der Waals surface area contributed by atoms with Crippen molar-refractivity contribution in [2.24, 2.45) is 5.92 Å². The number of rotatable bonds is 8. The number of fused-ring (bicyclic) bond motifs is 1. The number of benzene rings is 1. The second-order valence-corrected chi connectivity index (χ2v) is 7.88. The molecule has 180 valence electrons. The largest absolute Gasteiger partial charge is 0.496 e. The fourth-order valence-electron chi connectivity index (χ4n) is 4.09. The molecule has 33 heavy (non-hydrogen) atoms. The lowest BCUT2D eigenvalue weighted by Gasteiger charge is -2.32. The Balaban J connectivity index is 1.75. The number of hydrogen-bond donors (Lipinski definition) is 1. The molecule has 0 spiro atoms. The molecule has 0 bridgehead atoms. The van der Waals surface area contributed by atoms with Gasteiger partial charge in [-0.25, -0.2) is 0 Å². The molecule has 0 saturated carbocycles. The average Bonchev–Trinajstić information content (AvgIpc) is 3.27. The minimum atomic E-state index is -0.360. The van der Waals surface area contributed by atoms with Crippen LogP contribution < -0.4 is 14.2 Å². The monoisotopic (exact) mass is 461 g/mol. The molecule has 2 aromatic rings. The van der Waals surface area contributed by atoms with Gasteiger partial charge in [0.15, 0.2) is 11.5 Å². The molecule has 0 aliphatic carbocycles. The van der Waals surface area contributed by atoms with Gasteiger partial charge in [-0.15, -0.1) is 0 Å². The minimum absolute atomic E-state index is 0.110. The number of nitrogens with one attached hydrogen (secondary N) is 1. The van der Waals surface area contributed by atoms with Crippen LogP contribution in [0.1, 0.15) is 30.3 Å². The molecule has 2 amide bonds. The third-order valence-corrected chi connectivity index (χ3v) is 5.78. The third-order valence-electron chi connectivity index (χ3n) is 5.78. The van der Waals surface area contributed by atoms with E-state index in [0.29, 0.717) is 54.3 Å². The van der Waals surface area contributed by atoms with E-state index < -0.39 is 0 Å². The van der Waals surface area contributed by atoms with Crippen molar-refractivity contribution in [3.63, 3.8) is 0 Å². The van der Waals surface area contributed by atoms with Crippen LogP contribution in [0.4, 0.5) is 0 Å². The molecule has 0 radical (unpaired) electrons. The normalized spacial score (nSPS) is 15.8. The Morgan fingerprint density at radius 3 is 2.48 bits per heavy atom. The first kappa shape index (κ1) is 24.2. The number of carbonyl (C=O) groups is 3. The van der Waals surface area contributed by atoms with Crippen molar-refractivity contribution >= 4 is 28.7 Å². The van der Waals surface area contributed by atoms with Gasteiger partial charge in [0.25, 0.3) is 5.91 Å². The number of aromatic nitrogens is 1. The molecule has 1 fully saturated rings. The van der Waals surface area contributed by atoms with Gasteiger partial charge in [0.2, 0.25) is 5.91 Å². The summed E-state index contributed by atoms with van der Waals surface area (Å²) in [5, 5.41) is 0.659. The van der Waals surface area contributed by atoms with Gasteiger partial charge >= 0.3 is 5.97 Å². The molecule has 1 aliphatic rings. The molecule has 1 unspecified atom stereocenters.